The molecule has 5 atom stereocenters. The fraction of sp³-hybridized carbons (Fsp3) is 0.444. The lowest BCUT2D eigenvalue weighted by molar-refractivity contribution is -0.149. The Morgan fingerprint density at radius 3 is 2.72 bits per heavy atom. The van der Waals surface area contributed by atoms with Crippen molar-refractivity contribution in [3.05, 3.63) is 54.5 Å². The number of nitrogens with two attached hydrogens (primary N) is 1. The van der Waals surface area contributed by atoms with Crippen molar-refractivity contribution in [3.63, 3.8) is 0 Å². The molecule has 0 bridgehead atoms. The van der Waals surface area contributed by atoms with E-state index in [1.807, 2.05) is 49.4 Å². The lowest BCUT2D eigenvalue weighted by atomic mass is 10.1. The molecule has 10 nitrogen and oxygen atoms in total. The zero-order chi connectivity index (χ0) is 28.5. The number of benzene rings is 2. The van der Waals surface area contributed by atoms with Gasteiger partial charge in [0.15, 0.2) is 11.7 Å². The number of aliphatic imine (C=N–C) groups is 1. The van der Waals surface area contributed by atoms with Crippen LogP contribution < -0.4 is 15.3 Å². The number of nitrogens with one attached hydrogen (secondary N) is 1. The molecule has 1 heterocycles. The zero-order valence-corrected chi connectivity index (χ0v) is 23.6. The molecule has 0 aliphatic carbocycles. The van der Waals surface area contributed by atoms with E-state index in [0.717, 1.165) is 17.0 Å². The first-order valence-electron chi connectivity index (χ1n) is 12.7. The normalized spacial score (nSPS) is 21.6. The highest BCUT2D eigenvalue weighted by atomic mass is 31.2. The Kier molecular flexibility index (Phi) is 11.2. The summed E-state index contributed by atoms with van der Waals surface area (Å²) in [5.41, 5.74) is 5.44. The number of fused-ring (bicyclic) bond motifs is 1. The number of carbonyl (C=O) groups is 2. The molecule has 12 heteroatoms. The molecule has 212 valence electrons. The second-order valence-electron chi connectivity index (χ2n) is 9.58. The molecular formula is C27H36FN4O6P. The highest BCUT2D eigenvalue weighted by molar-refractivity contribution is 7.45. The van der Waals surface area contributed by atoms with Gasteiger partial charge in [0, 0.05) is 24.6 Å². The fourth-order valence-corrected chi connectivity index (χ4v) is 5.35. The first-order chi connectivity index (χ1) is 18.6. The second-order valence-corrected chi connectivity index (χ2v) is 10.8. The van der Waals surface area contributed by atoms with Crippen LogP contribution in [0.2, 0.25) is 0 Å². The average molecular weight is 563 g/mol. The molecule has 1 saturated heterocycles. The Morgan fingerprint density at radius 1 is 1.28 bits per heavy atom. The van der Waals surface area contributed by atoms with Crippen molar-refractivity contribution in [1.29, 1.82) is 0 Å². The van der Waals surface area contributed by atoms with Gasteiger partial charge in [-0.1, -0.05) is 43.3 Å². The molecule has 0 spiro atoms. The SMILES string of the molecule is CC(C)OC(=O)C(C)NP(OCC1CC(C)C(N(C)/C=C(F)\C(N)=N/C=O)O1)Oc1cccc2ccccc12. The lowest BCUT2D eigenvalue weighted by Crippen LogP contribution is -2.35. The van der Waals surface area contributed by atoms with Crippen molar-refractivity contribution in [2.75, 3.05) is 13.7 Å². The molecule has 1 fully saturated rings. The molecular weight excluding hydrogens is 526 g/mol. The average Bonchev–Trinajstić information content (AvgIpc) is 3.27. The fourth-order valence-electron chi connectivity index (χ4n) is 4.11. The van der Waals surface area contributed by atoms with Crippen molar-refractivity contribution in [2.45, 2.75) is 58.6 Å². The summed E-state index contributed by atoms with van der Waals surface area (Å²) in [6.07, 6.45) is 0.949. The van der Waals surface area contributed by atoms with E-state index < -0.39 is 38.4 Å². The summed E-state index contributed by atoms with van der Waals surface area (Å²) in [7, 11) is -0.125. The highest BCUT2D eigenvalue weighted by Crippen LogP contribution is 2.40. The number of rotatable bonds is 13. The van der Waals surface area contributed by atoms with Gasteiger partial charge >= 0.3 is 14.5 Å². The Bertz CT molecular complexity index is 1190. The third-order valence-corrected chi connectivity index (χ3v) is 7.27. The third kappa shape index (κ3) is 8.69. The number of amides is 1. The largest absolute Gasteiger partial charge is 0.462 e. The van der Waals surface area contributed by atoms with Gasteiger partial charge in [0.25, 0.3) is 0 Å². The number of hydrogen-bond donors (Lipinski definition) is 2. The quantitative estimate of drug-likeness (QED) is 0.120. The van der Waals surface area contributed by atoms with Crippen LogP contribution >= 0.6 is 8.53 Å². The first kappa shape index (κ1) is 30.4. The van der Waals surface area contributed by atoms with Crippen LogP contribution in [0.4, 0.5) is 4.39 Å². The van der Waals surface area contributed by atoms with Gasteiger partial charge in [-0.05, 0) is 38.6 Å². The van der Waals surface area contributed by atoms with E-state index in [9.17, 15) is 14.0 Å². The van der Waals surface area contributed by atoms with Crippen LogP contribution in [-0.4, -0.2) is 61.2 Å². The molecule has 0 aromatic heterocycles. The van der Waals surface area contributed by atoms with Crippen LogP contribution in [0.25, 0.3) is 10.8 Å². The van der Waals surface area contributed by atoms with Crippen LogP contribution in [0.3, 0.4) is 0 Å². The number of nitrogens with zero attached hydrogens (tertiary/aromatic N) is 2. The minimum atomic E-state index is -1.78. The second kappa shape index (κ2) is 14.3. The smallest absolute Gasteiger partial charge is 0.323 e. The number of hydrogen-bond acceptors (Lipinski definition) is 8. The standard InChI is InChI=1S/C27H36FN4O6P/c1-17(2)36-27(34)19(4)31-39(38-24-12-8-10-20-9-6-7-11-22(20)24)35-15-21-13-18(3)26(37-21)32(5)14-23(28)25(29)30-16-33/h6-12,14,16-19,21,26,31H,13,15H2,1-5H3,(H2,29,30,33)/b23-14+. The monoisotopic (exact) mass is 562 g/mol. The van der Waals surface area contributed by atoms with Crippen LogP contribution in [0.15, 0.2) is 59.5 Å². The summed E-state index contributed by atoms with van der Waals surface area (Å²) in [4.78, 5) is 27.7. The Balaban J connectivity index is 1.70. The third-order valence-electron chi connectivity index (χ3n) is 5.92. The molecule has 3 N–H and O–H groups in total. The van der Waals surface area contributed by atoms with Crippen molar-refractivity contribution in [2.24, 2.45) is 16.6 Å². The molecule has 39 heavy (non-hydrogen) atoms. The van der Waals surface area contributed by atoms with Crippen LogP contribution in [0, 0.1) is 5.92 Å². The van der Waals surface area contributed by atoms with Crippen molar-refractivity contribution in [1.82, 2.24) is 9.99 Å². The van der Waals surface area contributed by atoms with Gasteiger partial charge in [-0.25, -0.2) is 9.48 Å². The van der Waals surface area contributed by atoms with E-state index >= 15 is 0 Å². The molecule has 1 aliphatic rings. The summed E-state index contributed by atoms with van der Waals surface area (Å²) >= 11 is 0. The zero-order valence-electron chi connectivity index (χ0n) is 22.7. The molecule has 0 radical (unpaired) electrons. The van der Waals surface area contributed by atoms with Crippen molar-refractivity contribution < 1.29 is 32.5 Å². The van der Waals surface area contributed by atoms with Gasteiger partial charge in [0.05, 0.1) is 18.8 Å². The topological polar surface area (TPSA) is 125 Å². The van der Waals surface area contributed by atoms with E-state index in [-0.39, 0.29) is 31.1 Å². The molecule has 2 aromatic rings. The van der Waals surface area contributed by atoms with E-state index in [1.54, 1.807) is 32.7 Å². The van der Waals surface area contributed by atoms with E-state index in [4.69, 9.17) is 24.3 Å². The molecule has 3 rings (SSSR count). The van der Waals surface area contributed by atoms with E-state index in [2.05, 4.69) is 10.1 Å². The minimum Gasteiger partial charge on any atom is -0.462 e. The number of carbonyl (C=O) groups excluding carboxylic acids is 2. The molecule has 0 saturated carbocycles. The summed E-state index contributed by atoms with van der Waals surface area (Å²) < 4.78 is 38.1. The number of esters is 1. The van der Waals surface area contributed by atoms with Gasteiger partial charge in [0.2, 0.25) is 6.41 Å². The first-order valence-corrected chi connectivity index (χ1v) is 13.8. The maximum atomic E-state index is 14.2. The van der Waals surface area contributed by atoms with Crippen molar-refractivity contribution in [3.8, 4) is 5.75 Å². The van der Waals surface area contributed by atoms with Gasteiger partial charge in [0.1, 0.15) is 18.0 Å². The Morgan fingerprint density at radius 2 is 2.00 bits per heavy atom. The van der Waals surface area contributed by atoms with E-state index in [0.29, 0.717) is 12.2 Å². The molecule has 2 aromatic carbocycles. The summed E-state index contributed by atoms with van der Waals surface area (Å²) in [6, 6.07) is 12.9. The predicted molar refractivity (Wildman–Crippen MR) is 148 cm³/mol. The van der Waals surface area contributed by atoms with Gasteiger partial charge < -0.3 is 29.2 Å². The van der Waals surface area contributed by atoms with Gasteiger partial charge in [-0.2, -0.15) is 4.99 Å². The van der Waals surface area contributed by atoms with Crippen molar-refractivity contribution >= 4 is 37.5 Å². The minimum absolute atomic E-state index is 0.0370. The van der Waals surface area contributed by atoms with Crippen LogP contribution in [0.5, 0.6) is 5.75 Å². The maximum Gasteiger partial charge on any atom is 0.323 e. The Hall–Kier alpha value is -3.11. The lowest BCUT2D eigenvalue weighted by Gasteiger charge is -2.26. The predicted octanol–water partition coefficient (Wildman–Crippen LogP) is 4.40. The van der Waals surface area contributed by atoms with Crippen LogP contribution in [0.1, 0.15) is 34.1 Å². The molecule has 5 unspecified atom stereocenters. The molecule has 1 aliphatic heterocycles. The summed E-state index contributed by atoms with van der Waals surface area (Å²) in [5, 5.41) is 5.04. The molecule has 1 amide bonds. The van der Waals surface area contributed by atoms with Gasteiger partial charge in [-0.15, -0.1) is 0 Å². The maximum absolute atomic E-state index is 14.2. The van der Waals surface area contributed by atoms with Gasteiger partial charge in [-0.3, -0.25) is 9.59 Å². The van der Waals surface area contributed by atoms with Crippen LogP contribution in [-0.2, 0) is 23.6 Å². The van der Waals surface area contributed by atoms with E-state index in [1.165, 1.54) is 0 Å². The number of amidine groups is 1. The summed E-state index contributed by atoms with van der Waals surface area (Å²) in [5.74, 6) is -1.10. The highest BCUT2D eigenvalue weighted by Gasteiger charge is 2.35. The number of halogens is 1. The summed E-state index contributed by atoms with van der Waals surface area (Å²) in [6.45, 7) is 7.41. The Labute approximate surface area is 229 Å². The number of ether oxygens (including phenoxy) is 2.